The Morgan fingerprint density at radius 2 is 1.71 bits per heavy atom. The van der Waals surface area contributed by atoms with Gasteiger partial charge in [0.25, 0.3) is 0 Å². The van der Waals surface area contributed by atoms with Gasteiger partial charge in [-0.3, -0.25) is 4.79 Å². The summed E-state index contributed by atoms with van der Waals surface area (Å²) >= 11 is 0. The summed E-state index contributed by atoms with van der Waals surface area (Å²) in [5.74, 6) is -1.75. The Hall–Kier alpha value is -2.37. The summed E-state index contributed by atoms with van der Waals surface area (Å²) in [6.45, 7) is 1.18. The number of carbonyl (C=O) groups excluding carboxylic acids is 1. The minimum Gasteiger partial charge on any atom is -0.456 e. The molecule has 0 bridgehead atoms. The molecule has 2 nitrogen and oxygen atoms in total. The van der Waals surface area contributed by atoms with Gasteiger partial charge in [0.05, 0.1) is 11.1 Å². The van der Waals surface area contributed by atoms with Crippen molar-refractivity contribution in [3.8, 4) is 11.5 Å². The van der Waals surface area contributed by atoms with Crippen LogP contribution >= 0.6 is 0 Å². The van der Waals surface area contributed by atoms with Gasteiger partial charge in [-0.25, -0.2) is 4.39 Å². The van der Waals surface area contributed by atoms with Gasteiger partial charge in [-0.1, -0.05) is 12.1 Å². The fraction of sp³-hybridized carbons (Fsp3) is 0.133. The number of Topliss-reactive ketones (excluding diaryl/α,β-unsaturated/α-hetero) is 1. The maximum atomic E-state index is 13.1. The second-order valence-corrected chi connectivity index (χ2v) is 4.29. The van der Waals surface area contributed by atoms with Crippen LogP contribution in [0.2, 0.25) is 0 Å². The molecule has 0 aliphatic heterocycles. The summed E-state index contributed by atoms with van der Waals surface area (Å²) < 4.78 is 56.9. The highest BCUT2D eigenvalue weighted by atomic mass is 19.4. The van der Waals surface area contributed by atoms with E-state index in [9.17, 15) is 22.4 Å². The van der Waals surface area contributed by atoms with Gasteiger partial charge in [0.1, 0.15) is 17.3 Å². The lowest BCUT2D eigenvalue weighted by atomic mass is 10.1. The summed E-state index contributed by atoms with van der Waals surface area (Å²) in [7, 11) is 0. The van der Waals surface area contributed by atoms with E-state index in [2.05, 4.69) is 0 Å². The molecule has 0 heterocycles. The van der Waals surface area contributed by atoms with Crippen LogP contribution in [0.4, 0.5) is 17.6 Å². The van der Waals surface area contributed by atoms with Gasteiger partial charge < -0.3 is 4.74 Å². The third-order valence-electron chi connectivity index (χ3n) is 2.73. The number of halogens is 4. The fourth-order valence-corrected chi connectivity index (χ4v) is 1.77. The van der Waals surface area contributed by atoms with Crippen LogP contribution < -0.4 is 4.74 Å². The van der Waals surface area contributed by atoms with Crippen molar-refractivity contribution in [3.05, 3.63) is 59.4 Å². The van der Waals surface area contributed by atoms with Crippen molar-refractivity contribution in [2.45, 2.75) is 13.1 Å². The first-order valence-corrected chi connectivity index (χ1v) is 5.93. The number of hydrogen-bond donors (Lipinski definition) is 0. The summed E-state index contributed by atoms with van der Waals surface area (Å²) in [6.07, 6.45) is -4.59. The van der Waals surface area contributed by atoms with Gasteiger partial charge in [-0.05, 0) is 37.3 Å². The average molecular weight is 298 g/mol. The zero-order chi connectivity index (χ0) is 15.6. The molecule has 2 aromatic carbocycles. The van der Waals surface area contributed by atoms with Gasteiger partial charge in [0.15, 0.2) is 5.78 Å². The maximum Gasteiger partial charge on any atom is 0.419 e. The van der Waals surface area contributed by atoms with E-state index in [0.29, 0.717) is 0 Å². The van der Waals surface area contributed by atoms with E-state index in [1.54, 1.807) is 0 Å². The lowest BCUT2D eigenvalue weighted by Crippen LogP contribution is -2.07. The van der Waals surface area contributed by atoms with Crippen LogP contribution in [-0.2, 0) is 6.18 Å². The van der Waals surface area contributed by atoms with Crippen LogP contribution in [0, 0.1) is 5.82 Å². The van der Waals surface area contributed by atoms with Gasteiger partial charge in [-0.2, -0.15) is 13.2 Å². The second-order valence-electron chi connectivity index (χ2n) is 4.29. The van der Waals surface area contributed by atoms with E-state index < -0.39 is 29.1 Å². The van der Waals surface area contributed by atoms with E-state index in [4.69, 9.17) is 4.74 Å². The first kappa shape index (κ1) is 15.0. The lowest BCUT2D eigenvalue weighted by Gasteiger charge is -2.15. The molecule has 0 aliphatic rings. The highest BCUT2D eigenvalue weighted by molar-refractivity contribution is 5.96. The molecule has 0 aromatic heterocycles. The number of para-hydroxylation sites is 1. The molecule has 0 atom stereocenters. The van der Waals surface area contributed by atoms with E-state index in [0.717, 1.165) is 30.3 Å². The number of hydrogen-bond acceptors (Lipinski definition) is 2. The van der Waals surface area contributed by atoms with Crippen LogP contribution in [0.3, 0.4) is 0 Å². The summed E-state index contributed by atoms with van der Waals surface area (Å²) in [5.41, 5.74) is -1.09. The fourth-order valence-electron chi connectivity index (χ4n) is 1.77. The van der Waals surface area contributed by atoms with Crippen molar-refractivity contribution in [1.82, 2.24) is 0 Å². The van der Waals surface area contributed by atoms with Crippen molar-refractivity contribution in [2.24, 2.45) is 0 Å². The molecule has 0 spiro atoms. The van der Waals surface area contributed by atoms with Gasteiger partial charge >= 0.3 is 6.18 Å². The Morgan fingerprint density at radius 3 is 2.33 bits per heavy atom. The molecule has 0 amide bonds. The van der Waals surface area contributed by atoms with Crippen LogP contribution in [0.25, 0.3) is 0 Å². The molecular formula is C15H10F4O2. The standard InChI is InChI=1S/C15H10F4O2/c1-9(20)11-8-10(16)6-7-13(11)21-14-5-3-2-4-12(14)15(17,18)19/h2-8H,1H3. The van der Waals surface area contributed by atoms with Crippen molar-refractivity contribution >= 4 is 5.78 Å². The van der Waals surface area contributed by atoms with Crippen LogP contribution in [-0.4, -0.2) is 5.78 Å². The lowest BCUT2D eigenvalue weighted by molar-refractivity contribution is -0.138. The largest absolute Gasteiger partial charge is 0.456 e. The molecular weight excluding hydrogens is 288 g/mol. The molecule has 6 heteroatoms. The predicted octanol–water partition coefficient (Wildman–Crippen LogP) is 4.84. The van der Waals surface area contributed by atoms with Gasteiger partial charge in [0.2, 0.25) is 0 Å². The van der Waals surface area contributed by atoms with Gasteiger partial charge in [-0.15, -0.1) is 0 Å². The van der Waals surface area contributed by atoms with Crippen molar-refractivity contribution in [3.63, 3.8) is 0 Å². The van der Waals surface area contributed by atoms with Crippen molar-refractivity contribution < 1.29 is 27.1 Å². The highest BCUT2D eigenvalue weighted by Crippen LogP contribution is 2.38. The minimum atomic E-state index is -4.59. The van der Waals surface area contributed by atoms with Gasteiger partial charge in [0, 0.05) is 0 Å². The Kier molecular flexibility index (Phi) is 3.97. The number of carbonyl (C=O) groups is 1. The van der Waals surface area contributed by atoms with E-state index in [1.807, 2.05) is 0 Å². The number of alkyl halides is 3. The zero-order valence-electron chi connectivity index (χ0n) is 10.9. The van der Waals surface area contributed by atoms with Crippen LogP contribution in [0.1, 0.15) is 22.8 Å². The smallest absolute Gasteiger partial charge is 0.419 e. The van der Waals surface area contributed by atoms with E-state index in [1.165, 1.54) is 19.1 Å². The maximum absolute atomic E-state index is 13.1. The molecule has 0 unspecified atom stereocenters. The molecule has 0 aliphatic carbocycles. The molecule has 21 heavy (non-hydrogen) atoms. The quantitative estimate of drug-likeness (QED) is 0.598. The monoisotopic (exact) mass is 298 g/mol. The number of ether oxygens (including phenoxy) is 1. The average Bonchev–Trinajstić information content (AvgIpc) is 2.40. The van der Waals surface area contributed by atoms with Crippen LogP contribution in [0.5, 0.6) is 11.5 Å². The molecule has 0 saturated carbocycles. The Morgan fingerprint density at radius 1 is 1.05 bits per heavy atom. The van der Waals surface area contributed by atoms with Crippen molar-refractivity contribution in [1.29, 1.82) is 0 Å². The number of ketones is 1. The number of rotatable bonds is 3. The third kappa shape index (κ3) is 3.39. The third-order valence-corrected chi connectivity index (χ3v) is 2.73. The summed E-state index contributed by atoms with van der Waals surface area (Å²) in [4.78, 5) is 11.4. The molecule has 110 valence electrons. The number of benzene rings is 2. The summed E-state index contributed by atoms with van der Waals surface area (Å²) in [5, 5.41) is 0. The molecule has 0 fully saturated rings. The second kappa shape index (κ2) is 5.55. The summed E-state index contributed by atoms with van der Waals surface area (Å²) in [6, 6.07) is 7.67. The molecule has 2 aromatic rings. The van der Waals surface area contributed by atoms with E-state index >= 15 is 0 Å². The first-order chi connectivity index (χ1) is 9.79. The topological polar surface area (TPSA) is 26.3 Å². The minimum absolute atomic E-state index is 0.119. The molecule has 2 rings (SSSR count). The van der Waals surface area contributed by atoms with E-state index in [-0.39, 0.29) is 11.3 Å². The molecule has 0 N–H and O–H groups in total. The first-order valence-electron chi connectivity index (χ1n) is 5.93. The van der Waals surface area contributed by atoms with Crippen molar-refractivity contribution in [2.75, 3.05) is 0 Å². The normalized spacial score (nSPS) is 11.3. The van der Waals surface area contributed by atoms with Crippen LogP contribution in [0.15, 0.2) is 42.5 Å². The Labute approximate surface area is 118 Å². The Bertz CT molecular complexity index is 678. The zero-order valence-corrected chi connectivity index (χ0v) is 10.9. The predicted molar refractivity (Wildman–Crippen MR) is 67.9 cm³/mol. The Balaban J connectivity index is 2.47. The molecule has 0 radical (unpaired) electrons. The SMILES string of the molecule is CC(=O)c1cc(F)ccc1Oc1ccccc1C(F)(F)F. The molecule has 0 saturated heterocycles. The highest BCUT2D eigenvalue weighted by Gasteiger charge is 2.34.